The lowest BCUT2D eigenvalue weighted by molar-refractivity contribution is -0.120. The van der Waals surface area contributed by atoms with Crippen LogP contribution in [-0.2, 0) is 15.6 Å². The molecule has 12 heavy (non-hydrogen) atoms. The van der Waals surface area contributed by atoms with E-state index in [1.165, 1.54) is 0 Å². The van der Waals surface area contributed by atoms with E-state index in [1.54, 1.807) is 0 Å². The Morgan fingerprint density at radius 3 is 2.75 bits per heavy atom. The first kappa shape index (κ1) is 11.6. The SMILES string of the molecule is CCS(=O)CCNC(=O)CCN. The van der Waals surface area contributed by atoms with Gasteiger partial charge in [0, 0.05) is 41.8 Å². The minimum absolute atomic E-state index is 0.0643. The lowest BCUT2D eigenvalue weighted by Crippen LogP contribution is -2.29. The molecule has 5 heteroatoms. The van der Waals surface area contributed by atoms with Crippen molar-refractivity contribution in [2.75, 3.05) is 24.6 Å². The van der Waals surface area contributed by atoms with Crippen molar-refractivity contribution in [1.82, 2.24) is 5.32 Å². The zero-order valence-corrected chi connectivity index (χ0v) is 8.15. The smallest absolute Gasteiger partial charge is 0.221 e. The van der Waals surface area contributed by atoms with E-state index in [9.17, 15) is 9.00 Å². The summed E-state index contributed by atoms with van der Waals surface area (Å²) < 4.78 is 10.9. The number of nitrogens with two attached hydrogens (primary N) is 1. The number of hydrogen-bond donors (Lipinski definition) is 2. The average Bonchev–Trinajstić information content (AvgIpc) is 2.04. The van der Waals surface area contributed by atoms with Crippen molar-refractivity contribution in [2.24, 2.45) is 5.73 Å². The molecule has 3 N–H and O–H groups in total. The van der Waals surface area contributed by atoms with Crippen LogP contribution in [0.3, 0.4) is 0 Å². The fourth-order valence-electron chi connectivity index (χ4n) is 0.668. The van der Waals surface area contributed by atoms with Gasteiger partial charge in [-0.05, 0) is 0 Å². The summed E-state index contributed by atoms with van der Waals surface area (Å²) >= 11 is 0. The number of amides is 1. The van der Waals surface area contributed by atoms with Crippen molar-refractivity contribution >= 4 is 16.7 Å². The van der Waals surface area contributed by atoms with E-state index in [0.29, 0.717) is 31.0 Å². The van der Waals surface area contributed by atoms with Gasteiger partial charge in [-0.2, -0.15) is 0 Å². The molecular weight excluding hydrogens is 176 g/mol. The van der Waals surface area contributed by atoms with Crippen LogP contribution in [0.4, 0.5) is 0 Å². The van der Waals surface area contributed by atoms with E-state index in [4.69, 9.17) is 5.73 Å². The molecule has 0 radical (unpaired) electrons. The summed E-state index contributed by atoms with van der Waals surface area (Å²) in [4.78, 5) is 10.8. The molecule has 72 valence electrons. The molecule has 0 fully saturated rings. The Labute approximate surface area is 75.4 Å². The quantitative estimate of drug-likeness (QED) is 0.580. The number of hydrogen-bond acceptors (Lipinski definition) is 3. The molecule has 0 saturated heterocycles. The molecule has 1 atom stereocenters. The first-order valence-electron chi connectivity index (χ1n) is 4.02. The molecule has 0 bridgehead atoms. The van der Waals surface area contributed by atoms with Crippen LogP contribution in [0.2, 0.25) is 0 Å². The van der Waals surface area contributed by atoms with E-state index < -0.39 is 10.8 Å². The van der Waals surface area contributed by atoms with Crippen LogP contribution >= 0.6 is 0 Å². The maximum absolute atomic E-state index is 10.9. The molecule has 0 aliphatic rings. The molecule has 0 aliphatic heterocycles. The van der Waals surface area contributed by atoms with Crippen LogP contribution in [0.5, 0.6) is 0 Å². The molecule has 0 aromatic rings. The minimum Gasteiger partial charge on any atom is -0.355 e. The Bertz CT molecular complexity index is 161. The highest BCUT2D eigenvalue weighted by Gasteiger charge is 1.99. The van der Waals surface area contributed by atoms with Gasteiger partial charge in [-0.25, -0.2) is 0 Å². The average molecular weight is 192 g/mol. The fourth-order valence-corrected chi connectivity index (χ4v) is 1.29. The highest BCUT2D eigenvalue weighted by Crippen LogP contribution is 1.80. The second-order valence-corrected chi connectivity index (χ2v) is 4.19. The first-order chi connectivity index (χ1) is 5.70. The van der Waals surface area contributed by atoms with Gasteiger partial charge in [0.2, 0.25) is 5.91 Å². The van der Waals surface area contributed by atoms with Crippen LogP contribution in [0.1, 0.15) is 13.3 Å². The van der Waals surface area contributed by atoms with Gasteiger partial charge in [0.05, 0.1) is 0 Å². The summed E-state index contributed by atoms with van der Waals surface area (Å²) in [5.41, 5.74) is 5.17. The summed E-state index contributed by atoms with van der Waals surface area (Å²) in [5, 5.41) is 2.64. The number of carbonyl (C=O) groups excluding carboxylic acids is 1. The van der Waals surface area contributed by atoms with E-state index >= 15 is 0 Å². The second-order valence-electron chi connectivity index (χ2n) is 2.32. The zero-order chi connectivity index (χ0) is 9.40. The van der Waals surface area contributed by atoms with Crippen LogP contribution in [-0.4, -0.2) is 34.7 Å². The van der Waals surface area contributed by atoms with Gasteiger partial charge >= 0.3 is 0 Å². The summed E-state index contributed by atoms with van der Waals surface area (Å²) in [6, 6.07) is 0. The van der Waals surface area contributed by atoms with Gasteiger partial charge in [-0.3, -0.25) is 9.00 Å². The molecule has 0 aromatic heterocycles. The largest absolute Gasteiger partial charge is 0.355 e. The number of nitrogens with one attached hydrogen (secondary N) is 1. The highest BCUT2D eigenvalue weighted by molar-refractivity contribution is 7.84. The van der Waals surface area contributed by atoms with Gasteiger partial charge in [0.25, 0.3) is 0 Å². The second kappa shape index (κ2) is 7.24. The predicted octanol–water partition coefficient (Wildman–Crippen LogP) is -0.780. The summed E-state index contributed by atoms with van der Waals surface area (Å²) in [5.74, 6) is 1.12. The Morgan fingerprint density at radius 2 is 2.25 bits per heavy atom. The van der Waals surface area contributed by atoms with Gasteiger partial charge in [0.15, 0.2) is 0 Å². The van der Waals surface area contributed by atoms with E-state index in [2.05, 4.69) is 5.32 Å². The predicted molar refractivity (Wildman–Crippen MR) is 50.2 cm³/mol. The molecule has 0 heterocycles. The van der Waals surface area contributed by atoms with Crippen molar-refractivity contribution in [2.45, 2.75) is 13.3 Å². The van der Waals surface area contributed by atoms with Crippen molar-refractivity contribution in [1.29, 1.82) is 0 Å². The summed E-state index contributed by atoms with van der Waals surface area (Å²) in [7, 11) is -0.793. The monoisotopic (exact) mass is 192 g/mol. The normalized spacial score (nSPS) is 12.5. The van der Waals surface area contributed by atoms with Crippen molar-refractivity contribution in [3.8, 4) is 0 Å². The van der Waals surface area contributed by atoms with Gasteiger partial charge in [-0.1, -0.05) is 6.92 Å². The van der Waals surface area contributed by atoms with Crippen LogP contribution in [0.15, 0.2) is 0 Å². The van der Waals surface area contributed by atoms with Crippen molar-refractivity contribution in [3.63, 3.8) is 0 Å². The maximum Gasteiger partial charge on any atom is 0.221 e. The van der Waals surface area contributed by atoms with Gasteiger partial charge < -0.3 is 11.1 Å². The number of carbonyl (C=O) groups is 1. The highest BCUT2D eigenvalue weighted by atomic mass is 32.2. The standard InChI is InChI=1S/C7H16N2O2S/c1-2-12(11)6-5-9-7(10)3-4-8/h2-6,8H2,1H3,(H,9,10). The zero-order valence-electron chi connectivity index (χ0n) is 7.34. The molecule has 1 amide bonds. The Hall–Kier alpha value is -0.420. The van der Waals surface area contributed by atoms with E-state index in [0.717, 1.165) is 0 Å². The molecule has 0 aromatic carbocycles. The van der Waals surface area contributed by atoms with Gasteiger partial charge in [0.1, 0.15) is 0 Å². The van der Waals surface area contributed by atoms with E-state index in [-0.39, 0.29) is 5.91 Å². The topological polar surface area (TPSA) is 72.2 Å². The Kier molecular flexibility index (Phi) is 6.99. The third kappa shape index (κ3) is 6.30. The van der Waals surface area contributed by atoms with Crippen LogP contribution < -0.4 is 11.1 Å². The fraction of sp³-hybridized carbons (Fsp3) is 0.857. The minimum atomic E-state index is -0.793. The Balaban J connectivity index is 3.30. The molecule has 0 rings (SSSR count). The third-order valence-electron chi connectivity index (χ3n) is 1.35. The van der Waals surface area contributed by atoms with Crippen molar-refractivity contribution in [3.05, 3.63) is 0 Å². The van der Waals surface area contributed by atoms with Gasteiger partial charge in [-0.15, -0.1) is 0 Å². The summed E-state index contributed by atoms with van der Waals surface area (Å²) in [6.45, 7) is 2.71. The first-order valence-corrected chi connectivity index (χ1v) is 5.51. The molecule has 0 saturated carbocycles. The van der Waals surface area contributed by atoms with Crippen LogP contribution in [0, 0.1) is 0 Å². The molecule has 4 nitrogen and oxygen atoms in total. The third-order valence-corrected chi connectivity index (χ3v) is 2.65. The lowest BCUT2D eigenvalue weighted by Gasteiger charge is -2.02. The molecule has 0 spiro atoms. The van der Waals surface area contributed by atoms with E-state index in [1.807, 2.05) is 6.92 Å². The Morgan fingerprint density at radius 1 is 1.58 bits per heavy atom. The molecular formula is C7H16N2O2S. The van der Waals surface area contributed by atoms with Crippen LogP contribution in [0.25, 0.3) is 0 Å². The molecule has 1 unspecified atom stereocenters. The lowest BCUT2D eigenvalue weighted by atomic mass is 10.4. The molecule has 0 aliphatic carbocycles. The number of rotatable bonds is 6. The summed E-state index contributed by atoms with van der Waals surface area (Å²) in [6.07, 6.45) is 0.346. The maximum atomic E-state index is 10.9. The van der Waals surface area contributed by atoms with Crippen molar-refractivity contribution < 1.29 is 9.00 Å².